The fourth-order valence-electron chi connectivity index (χ4n) is 0.701. The van der Waals surface area contributed by atoms with Gasteiger partial charge in [-0.1, -0.05) is 0 Å². The lowest BCUT2D eigenvalue weighted by molar-refractivity contribution is 0.0696. The first-order valence-corrected chi connectivity index (χ1v) is 4.07. The summed E-state index contributed by atoms with van der Waals surface area (Å²) in [5, 5.41) is 8.58. The number of aromatic carboxylic acids is 1. The molecule has 1 aromatic rings. The van der Waals surface area contributed by atoms with E-state index in [2.05, 4.69) is 4.98 Å². The average molecular weight is 277 g/mol. The zero-order valence-corrected chi connectivity index (χ0v) is 7.98. The molecule has 0 amide bonds. The highest BCUT2D eigenvalue weighted by Crippen LogP contribution is 2.07. The van der Waals surface area contributed by atoms with Crippen LogP contribution in [0.25, 0.3) is 0 Å². The van der Waals surface area contributed by atoms with Crippen LogP contribution in [0.15, 0.2) is 12.1 Å². The van der Waals surface area contributed by atoms with Gasteiger partial charge in [0.05, 0.1) is 5.56 Å². The summed E-state index contributed by atoms with van der Waals surface area (Å²) in [4.78, 5) is 24.5. The van der Waals surface area contributed by atoms with Gasteiger partial charge in [0.1, 0.15) is 9.39 Å². The van der Waals surface area contributed by atoms with Crippen molar-refractivity contribution in [1.82, 2.24) is 4.98 Å². The summed E-state index contributed by atoms with van der Waals surface area (Å²) in [5.74, 6) is -1.06. The number of aldehydes is 1. The number of carboxylic acid groups (broad SMARTS) is 1. The van der Waals surface area contributed by atoms with Crippen molar-refractivity contribution >= 4 is 34.8 Å². The van der Waals surface area contributed by atoms with E-state index in [1.54, 1.807) is 0 Å². The number of carbonyl (C=O) groups is 2. The third kappa shape index (κ3) is 2.00. The van der Waals surface area contributed by atoms with Gasteiger partial charge in [-0.05, 0) is 34.7 Å². The van der Waals surface area contributed by atoms with Gasteiger partial charge in [-0.25, -0.2) is 9.78 Å². The van der Waals surface area contributed by atoms with E-state index in [0.29, 0.717) is 9.99 Å². The topological polar surface area (TPSA) is 67.3 Å². The fraction of sp³-hybridized carbons (Fsp3) is 0. The van der Waals surface area contributed by atoms with E-state index in [4.69, 9.17) is 5.11 Å². The largest absolute Gasteiger partial charge is 0.478 e. The van der Waals surface area contributed by atoms with Gasteiger partial charge >= 0.3 is 5.97 Å². The van der Waals surface area contributed by atoms with Crippen LogP contribution in [0.3, 0.4) is 0 Å². The van der Waals surface area contributed by atoms with Crippen molar-refractivity contribution in [1.29, 1.82) is 0 Å². The monoisotopic (exact) mass is 277 g/mol. The van der Waals surface area contributed by atoms with Gasteiger partial charge in [0.25, 0.3) is 0 Å². The van der Waals surface area contributed by atoms with E-state index < -0.39 is 5.97 Å². The van der Waals surface area contributed by atoms with Crippen molar-refractivity contribution in [3.63, 3.8) is 0 Å². The first kappa shape index (κ1) is 9.11. The number of rotatable bonds is 2. The second-order valence-electron chi connectivity index (χ2n) is 2.03. The standard InChI is InChI=1S/C7H4INO3/c8-6-2-4(7(11)12)1-5(3-10)9-6/h1-3H,(H,11,12). The number of nitrogens with zero attached hydrogens (tertiary/aromatic N) is 1. The zero-order chi connectivity index (χ0) is 9.14. The third-order valence-electron chi connectivity index (χ3n) is 1.18. The van der Waals surface area contributed by atoms with Crippen molar-refractivity contribution in [2.45, 2.75) is 0 Å². The van der Waals surface area contributed by atoms with Gasteiger partial charge in [-0.15, -0.1) is 0 Å². The minimum absolute atomic E-state index is 0.0801. The Morgan fingerprint density at radius 1 is 1.58 bits per heavy atom. The zero-order valence-electron chi connectivity index (χ0n) is 5.82. The number of hydrogen-bond acceptors (Lipinski definition) is 3. The predicted octanol–water partition coefficient (Wildman–Crippen LogP) is 1.20. The molecule has 1 N–H and O–H groups in total. The molecule has 0 radical (unpaired) electrons. The van der Waals surface area contributed by atoms with Crippen molar-refractivity contribution in [2.75, 3.05) is 0 Å². The molecule has 0 spiro atoms. The Balaban J connectivity index is 3.23. The Kier molecular flexibility index (Phi) is 2.74. The molecule has 1 heterocycles. The Hall–Kier alpha value is -0.980. The van der Waals surface area contributed by atoms with Gasteiger partial charge < -0.3 is 5.11 Å². The summed E-state index contributed by atoms with van der Waals surface area (Å²) >= 11 is 1.85. The van der Waals surface area contributed by atoms with Crippen LogP contribution in [0.2, 0.25) is 0 Å². The highest BCUT2D eigenvalue weighted by Gasteiger charge is 2.05. The van der Waals surface area contributed by atoms with Crippen molar-refractivity contribution in [3.8, 4) is 0 Å². The number of carboxylic acids is 1. The summed E-state index contributed by atoms with van der Waals surface area (Å²) in [7, 11) is 0. The van der Waals surface area contributed by atoms with E-state index in [1.165, 1.54) is 12.1 Å². The number of carbonyl (C=O) groups excluding carboxylic acids is 1. The maximum atomic E-state index is 10.5. The van der Waals surface area contributed by atoms with E-state index >= 15 is 0 Å². The highest BCUT2D eigenvalue weighted by atomic mass is 127. The Bertz CT molecular complexity index is 337. The first-order valence-electron chi connectivity index (χ1n) is 2.99. The highest BCUT2D eigenvalue weighted by molar-refractivity contribution is 14.1. The van der Waals surface area contributed by atoms with E-state index in [1.807, 2.05) is 22.6 Å². The fourth-order valence-corrected chi connectivity index (χ4v) is 1.32. The molecule has 0 unspecified atom stereocenters. The first-order chi connectivity index (χ1) is 5.63. The molecule has 0 fully saturated rings. The lowest BCUT2D eigenvalue weighted by Gasteiger charge is -1.96. The number of aromatic nitrogens is 1. The molecular formula is C7H4INO3. The quantitative estimate of drug-likeness (QED) is 0.501. The summed E-state index contributed by atoms with van der Waals surface area (Å²) in [5.41, 5.74) is 0.218. The predicted molar refractivity (Wildman–Crippen MR) is 49.3 cm³/mol. The molecule has 62 valence electrons. The van der Waals surface area contributed by atoms with Crippen LogP contribution in [-0.2, 0) is 0 Å². The average Bonchev–Trinajstić information content (AvgIpc) is 2.03. The van der Waals surface area contributed by atoms with Gasteiger partial charge in [0.15, 0.2) is 6.29 Å². The minimum Gasteiger partial charge on any atom is -0.478 e. The van der Waals surface area contributed by atoms with Gasteiger partial charge in [-0.3, -0.25) is 4.79 Å². The number of hydrogen-bond donors (Lipinski definition) is 1. The van der Waals surface area contributed by atoms with Crippen LogP contribution in [0, 0.1) is 3.70 Å². The molecule has 0 bridgehead atoms. The van der Waals surface area contributed by atoms with Crippen LogP contribution < -0.4 is 0 Å². The van der Waals surface area contributed by atoms with Gasteiger partial charge in [-0.2, -0.15) is 0 Å². The molecule has 0 aliphatic rings. The Morgan fingerprint density at radius 3 is 2.75 bits per heavy atom. The lowest BCUT2D eigenvalue weighted by atomic mass is 10.2. The summed E-state index contributed by atoms with van der Waals surface area (Å²) in [6, 6.07) is 2.63. The third-order valence-corrected chi connectivity index (χ3v) is 1.73. The molecule has 0 saturated heterocycles. The van der Waals surface area contributed by atoms with Crippen LogP contribution in [0.5, 0.6) is 0 Å². The van der Waals surface area contributed by atoms with E-state index in [-0.39, 0.29) is 11.3 Å². The van der Waals surface area contributed by atoms with Crippen molar-refractivity contribution in [2.24, 2.45) is 0 Å². The SMILES string of the molecule is O=Cc1cc(C(=O)O)cc(I)n1. The lowest BCUT2D eigenvalue weighted by Crippen LogP contribution is -2.00. The van der Waals surface area contributed by atoms with Gasteiger partial charge in [0, 0.05) is 0 Å². The summed E-state index contributed by atoms with van der Waals surface area (Å²) in [6.45, 7) is 0. The molecular weight excluding hydrogens is 273 g/mol. The van der Waals surface area contributed by atoms with Gasteiger partial charge in [0.2, 0.25) is 0 Å². The Morgan fingerprint density at radius 2 is 2.25 bits per heavy atom. The smallest absolute Gasteiger partial charge is 0.335 e. The number of halogens is 1. The number of pyridine rings is 1. The van der Waals surface area contributed by atoms with Crippen LogP contribution >= 0.6 is 22.6 Å². The van der Waals surface area contributed by atoms with E-state index in [0.717, 1.165) is 0 Å². The molecule has 4 nitrogen and oxygen atoms in total. The summed E-state index contributed by atoms with van der Waals surface area (Å²) < 4.78 is 0.495. The molecule has 5 heteroatoms. The minimum atomic E-state index is -1.06. The molecule has 1 rings (SSSR count). The second kappa shape index (κ2) is 3.61. The normalized spacial score (nSPS) is 9.42. The van der Waals surface area contributed by atoms with Crippen molar-refractivity contribution < 1.29 is 14.7 Å². The van der Waals surface area contributed by atoms with Crippen LogP contribution in [-0.4, -0.2) is 22.3 Å². The molecule has 0 atom stereocenters. The van der Waals surface area contributed by atoms with Crippen molar-refractivity contribution in [3.05, 3.63) is 27.1 Å². The van der Waals surface area contributed by atoms with E-state index in [9.17, 15) is 9.59 Å². The van der Waals surface area contributed by atoms with Crippen LogP contribution in [0.4, 0.5) is 0 Å². The maximum Gasteiger partial charge on any atom is 0.335 e. The second-order valence-corrected chi connectivity index (χ2v) is 3.13. The summed E-state index contributed by atoms with van der Waals surface area (Å²) in [6.07, 6.45) is 0.522. The molecule has 0 saturated carbocycles. The Labute approximate surface area is 81.8 Å². The maximum absolute atomic E-state index is 10.5. The molecule has 0 aromatic carbocycles. The van der Waals surface area contributed by atoms with Crippen LogP contribution in [0.1, 0.15) is 20.8 Å². The molecule has 12 heavy (non-hydrogen) atoms. The molecule has 1 aromatic heterocycles. The molecule has 0 aliphatic carbocycles. The molecule has 0 aliphatic heterocycles.